The molecule has 0 saturated carbocycles. The van der Waals surface area contributed by atoms with E-state index in [-0.39, 0.29) is 48.3 Å². The van der Waals surface area contributed by atoms with E-state index < -0.39 is 0 Å². The Labute approximate surface area is 156 Å². The number of hydrogen-bond acceptors (Lipinski definition) is 2. The average molecular weight is 466 g/mol. The van der Waals surface area contributed by atoms with Crippen molar-refractivity contribution in [1.29, 1.82) is 0 Å². The Morgan fingerprint density at radius 1 is 1.58 bits per heavy atom. The zero-order valence-corrected chi connectivity index (χ0v) is 16.1. The number of carbonyl (C=O) groups excluding carboxylic acids is 1. The molecule has 3 nitrogen and oxygen atoms in total. The van der Waals surface area contributed by atoms with Gasteiger partial charge in [0.05, 0.1) is 3.92 Å². The zero-order chi connectivity index (χ0) is 13.3. The maximum atomic E-state index is 12.1. The van der Waals surface area contributed by atoms with E-state index in [1.165, 1.54) is 6.07 Å². The van der Waals surface area contributed by atoms with E-state index in [1.807, 2.05) is 6.92 Å². The van der Waals surface area contributed by atoms with Crippen molar-refractivity contribution in [3.63, 3.8) is 0 Å². The van der Waals surface area contributed by atoms with E-state index in [0.29, 0.717) is 23.7 Å². The Hall–Kier alpha value is 0.354. The van der Waals surface area contributed by atoms with Crippen LogP contribution in [0.25, 0.3) is 5.70 Å². The maximum absolute atomic E-state index is 12.1. The molecule has 1 amide bonds. The van der Waals surface area contributed by atoms with Crippen molar-refractivity contribution in [1.82, 2.24) is 4.90 Å². The molecule has 1 aromatic rings. The molecule has 0 saturated heterocycles. The van der Waals surface area contributed by atoms with Crippen LogP contribution >= 0.6 is 34.2 Å². The van der Waals surface area contributed by atoms with Crippen LogP contribution in [0.15, 0.2) is 18.2 Å². The second-order valence-electron chi connectivity index (χ2n) is 3.94. The van der Waals surface area contributed by atoms with E-state index in [1.54, 1.807) is 17.0 Å². The quantitative estimate of drug-likeness (QED) is 0.414. The number of benzene rings is 1. The van der Waals surface area contributed by atoms with Crippen molar-refractivity contribution in [2.75, 3.05) is 6.54 Å². The van der Waals surface area contributed by atoms with Gasteiger partial charge in [-0.1, -0.05) is 29.0 Å². The molecule has 1 aliphatic rings. The van der Waals surface area contributed by atoms with Crippen LogP contribution in [0.1, 0.15) is 18.9 Å². The van der Waals surface area contributed by atoms with Crippen molar-refractivity contribution in [2.24, 2.45) is 0 Å². The summed E-state index contributed by atoms with van der Waals surface area (Å²) in [5, 5.41) is 9.78. The summed E-state index contributed by atoms with van der Waals surface area (Å²) < 4.78 is -0.0674. The average Bonchev–Trinajstić information content (AvgIpc) is 2.33. The number of rotatable bonds is 2. The molecule has 1 heterocycles. The molecule has 0 fully saturated rings. The van der Waals surface area contributed by atoms with Gasteiger partial charge in [0, 0.05) is 39.3 Å². The summed E-state index contributed by atoms with van der Waals surface area (Å²) in [5.41, 5.74) is 1.44. The number of hydrogen-bond donors (Lipinski definition) is 1. The second-order valence-corrected chi connectivity index (χ2v) is 5.85. The van der Waals surface area contributed by atoms with Gasteiger partial charge in [0.1, 0.15) is 5.75 Å². The van der Waals surface area contributed by atoms with Crippen molar-refractivity contribution in [3.05, 3.63) is 34.9 Å². The smallest absolute Gasteiger partial charge is 0.235 e. The first-order valence-electron chi connectivity index (χ1n) is 5.59. The Morgan fingerprint density at radius 3 is 2.84 bits per heavy atom. The molecule has 1 N–H and O–H groups in total. The first-order chi connectivity index (χ1) is 8.54. The monoisotopic (exact) mass is 465 g/mol. The van der Waals surface area contributed by atoms with Crippen molar-refractivity contribution in [2.45, 2.75) is 17.3 Å². The van der Waals surface area contributed by atoms with E-state index in [0.717, 1.165) is 5.56 Å². The number of nitrogens with zero attached hydrogens (tertiary/aromatic N) is 1. The summed E-state index contributed by atoms with van der Waals surface area (Å²) in [6.45, 7) is 2.50. The number of carbonyl (C=O) groups is 1. The Bertz CT molecular complexity index is 521. The largest absolute Gasteiger partial charge is 0.508 e. The van der Waals surface area contributed by atoms with Gasteiger partial charge >= 0.3 is 0 Å². The van der Waals surface area contributed by atoms with E-state index in [2.05, 4.69) is 28.7 Å². The fourth-order valence-electron chi connectivity index (χ4n) is 1.90. The van der Waals surface area contributed by atoms with Crippen LogP contribution in [0.3, 0.4) is 0 Å². The van der Waals surface area contributed by atoms with Gasteiger partial charge in [0.15, 0.2) is 0 Å². The van der Waals surface area contributed by atoms with Crippen LogP contribution in [0.2, 0.25) is 5.02 Å². The van der Waals surface area contributed by atoms with E-state index in [4.69, 9.17) is 11.6 Å². The summed E-state index contributed by atoms with van der Waals surface area (Å²) in [5.74, 6) is 0.192. The summed E-state index contributed by atoms with van der Waals surface area (Å²) in [4.78, 5) is 13.8. The number of allylic oxidation sites excluding steroid dienone is 1. The molecule has 6 heteroatoms. The second kappa shape index (κ2) is 7.39. The summed E-state index contributed by atoms with van der Waals surface area (Å²) >= 11 is 8.23. The van der Waals surface area contributed by atoms with Gasteiger partial charge in [-0.2, -0.15) is 0 Å². The Balaban J connectivity index is 0.00000180. The molecular weight excluding hydrogens is 453 g/mol. The number of amides is 1. The van der Waals surface area contributed by atoms with Crippen LogP contribution in [0.4, 0.5) is 0 Å². The van der Waals surface area contributed by atoms with Crippen molar-refractivity contribution >= 4 is 45.8 Å². The number of aromatic hydroxyl groups is 1. The van der Waals surface area contributed by atoms with Gasteiger partial charge in [-0.15, -0.1) is 28.9 Å². The SMILES string of the molecule is CCN1C(=O)C(I)C[C-]=C1c1ccc(O)cc1Cl.[Y]. The van der Waals surface area contributed by atoms with Crippen molar-refractivity contribution in [3.8, 4) is 5.75 Å². The van der Waals surface area contributed by atoms with Gasteiger partial charge in [0.2, 0.25) is 5.91 Å². The van der Waals surface area contributed by atoms with E-state index in [9.17, 15) is 9.90 Å². The van der Waals surface area contributed by atoms with Crippen LogP contribution in [-0.2, 0) is 37.5 Å². The van der Waals surface area contributed by atoms with Crippen molar-refractivity contribution < 1.29 is 42.6 Å². The minimum atomic E-state index is -0.0674. The van der Waals surface area contributed by atoms with Crippen LogP contribution in [0.5, 0.6) is 5.75 Å². The minimum Gasteiger partial charge on any atom is -0.508 e. The molecule has 1 aliphatic heterocycles. The maximum Gasteiger partial charge on any atom is 0.235 e. The molecule has 0 bridgehead atoms. The number of halogens is 2. The minimum absolute atomic E-state index is 0. The van der Waals surface area contributed by atoms with Gasteiger partial charge < -0.3 is 10.0 Å². The third kappa shape index (κ3) is 3.71. The Kier molecular flexibility index (Phi) is 6.77. The van der Waals surface area contributed by atoms with E-state index >= 15 is 0 Å². The fourth-order valence-corrected chi connectivity index (χ4v) is 2.72. The summed E-state index contributed by atoms with van der Waals surface area (Å²) in [6, 6.07) is 4.74. The molecule has 1 radical (unpaired) electrons. The molecule has 0 spiro atoms. The molecule has 1 aromatic carbocycles. The summed E-state index contributed by atoms with van der Waals surface area (Å²) in [6.07, 6.45) is 3.81. The molecule has 1 unspecified atom stereocenters. The fraction of sp³-hybridized carbons (Fsp3) is 0.308. The third-order valence-electron chi connectivity index (χ3n) is 2.78. The van der Waals surface area contributed by atoms with Gasteiger partial charge in [-0.05, 0) is 24.1 Å². The third-order valence-corrected chi connectivity index (χ3v) is 4.06. The number of alkyl halides is 1. The first kappa shape index (κ1) is 17.4. The topological polar surface area (TPSA) is 40.5 Å². The Morgan fingerprint density at radius 2 is 2.26 bits per heavy atom. The normalized spacial score (nSPS) is 18.9. The van der Waals surface area contributed by atoms with Gasteiger partial charge in [-0.3, -0.25) is 4.79 Å². The predicted molar refractivity (Wildman–Crippen MR) is 79.6 cm³/mol. The number of phenolic OH excluding ortho intramolecular Hbond substituents is 1. The first-order valence-corrected chi connectivity index (χ1v) is 7.22. The van der Waals surface area contributed by atoms with Gasteiger partial charge in [0.25, 0.3) is 0 Å². The molecular formula is C13H12ClINO2Y-. The molecule has 19 heavy (non-hydrogen) atoms. The summed E-state index contributed by atoms with van der Waals surface area (Å²) in [7, 11) is 0. The molecule has 0 aliphatic carbocycles. The molecule has 0 aromatic heterocycles. The van der Waals surface area contributed by atoms with Crippen LogP contribution in [-0.4, -0.2) is 26.4 Å². The molecule has 2 rings (SSSR count). The predicted octanol–water partition coefficient (Wildman–Crippen LogP) is 3.24. The van der Waals surface area contributed by atoms with Crippen LogP contribution in [0, 0.1) is 6.08 Å². The molecule has 1 atom stereocenters. The van der Waals surface area contributed by atoms with Crippen LogP contribution < -0.4 is 0 Å². The number of phenols is 1. The van der Waals surface area contributed by atoms with Gasteiger partial charge in [-0.25, -0.2) is 6.08 Å². The molecule has 99 valence electrons. The standard InChI is InChI=1S/C13H12ClINO2.Y/c1-2-16-12(6-5-11(15)13(16)18)9-4-3-8(17)7-10(9)14;/h3-4,7,11,17H,2,5H2,1H3;/q-1;. The zero-order valence-electron chi connectivity index (χ0n) is 10.4.